The molecule has 0 amide bonds. The predicted octanol–water partition coefficient (Wildman–Crippen LogP) is 6.91. The van der Waals surface area contributed by atoms with Gasteiger partial charge in [0.15, 0.2) is 0 Å². The van der Waals surface area contributed by atoms with Gasteiger partial charge in [-0.3, -0.25) is 0 Å². The summed E-state index contributed by atoms with van der Waals surface area (Å²) < 4.78 is 4.03. The average Bonchev–Trinajstić information content (AvgIpc) is 2.75. The van der Waals surface area contributed by atoms with Crippen LogP contribution in [0.2, 0.25) is 0 Å². The van der Waals surface area contributed by atoms with E-state index in [9.17, 15) is 0 Å². The van der Waals surface area contributed by atoms with Crippen molar-refractivity contribution >= 4 is 30.4 Å². The first-order valence-corrected chi connectivity index (χ1v) is 10.9. The molecule has 26 heavy (non-hydrogen) atoms. The molecule has 1 aromatic carbocycles. The number of nitrogens with one attached hydrogen (secondary N) is 1. The molecule has 0 bridgehead atoms. The number of halogens is 2. The van der Waals surface area contributed by atoms with Crippen LogP contribution in [0.25, 0.3) is 5.57 Å². The minimum absolute atomic E-state index is 0. The summed E-state index contributed by atoms with van der Waals surface area (Å²) in [7, 11) is 0. The van der Waals surface area contributed by atoms with Gasteiger partial charge in [-0.2, -0.15) is 0 Å². The van der Waals surface area contributed by atoms with Crippen LogP contribution in [0.5, 0.6) is 0 Å². The summed E-state index contributed by atoms with van der Waals surface area (Å²) in [6.45, 7) is 17.5. The molecule has 4 heteroatoms. The fraction of sp³-hybridized carbons (Fsp3) is 0.545. The molecule has 0 saturated carbocycles. The minimum atomic E-state index is -0.234. The van der Waals surface area contributed by atoms with Crippen molar-refractivity contribution in [3.05, 3.63) is 52.1 Å². The van der Waals surface area contributed by atoms with Gasteiger partial charge in [-0.1, -0.05) is 0 Å². The van der Waals surface area contributed by atoms with Crippen LogP contribution < -0.4 is 3.80 Å². The van der Waals surface area contributed by atoms with E-state index in [1.807, 2.05) is 0 Å². The van der Waals surface area contributed by atoms with Crippen LogP contribution in [-0.2, 0) is 23.1 Å². The second kappa shape index (κ2) is 11.1. The Morgan fingerprint density at radius 1 is 1.04 bits per heavy atom. The molecule has 0 aliphatic heterocycles. The normalized spacial score (nSPS) is 17.1. The van der Waals surface area contributed by atoms with Crippen molar-refractivity contribution in [1.82, 2.24) is 3.80 Å². The van der Waals surface area contributed by atoms with E-state index >= 15 is 0 Å². The topological polar surface area (TPSA) is 12.0 Å². The van der Waals surface area contributed by atoms with E-state index in [4.69, 9.17) is 0 Å². The Kier molecular flexibility index (Phi) is 11.1. The Morgan fingerprint density at radius 2 is 1.65 bits per heavy atom. The van der Waals surface area contributed by atoms with Crippen LogP contribution in [-0.4, -0.2) is 6.54 Å². The molecule has 0 radical (unpaired) electrons. The molecule has 146 valence electrons. The van der Waals surface area contributed by atoms with Crippen molar-refractivity contribution in [3.8, 4) is 0 Å². The van der Waals surface area contributed by atoms with E-state index in [0.717, 1.165) is 0 Å². The average molecular weight is 432 g/mol. The van der Waals surface area contributed by atoms with Crippen molar-refractivity contribution in [3.63, 3.8) is 0 Å². The van der Waals surface area contributed by atoms with Gasteiger partial charge < -0.3 is 0 Å². The molecular formula is C22H35Cl2NTi. The van der Waals surface area contributed by atoms with Crippen molar-refractivity contribution < 1.29 is 19.4 Å². The molecular weight excluding hydrogens is 397 g/mol. The van der Waals surface area contributed by atoms with Crippen LogP contribution in [0.3, 0.4) is 0 Å². The van der Waals surface area contributed by atoms with Gasteiger partial charge in [0, 0.05) is 0 Å². The largest absolute Gasteiger partial charge is 0.147 e. The predicted molar refractivity (Wildman–Crippen MR) is 117 cm³/mol. The van der Waals surface area contributed by atoms with Gasteiger partial charge in [0.1, 0.15) is 0 Å². The Labute approximate surface area is 182 Å². The molecule has 0 fully saturated rings. The van der Waals surface area contributed by atoms with Gasteiger partial charge in [0.25, 0.3) is 0 Å². The third kappa shape index (κ3) is 5.49. The van der Waals surface area contributed by atoms with E-state index in [0.29, 0.717) is 5.92 Å². The SMILES string of the molecule is CCCC[NH][Ti][C](C)(C)c1ccccc1C1=C(C)C(C)=C(C)C1C.Cl.Cl. The maximum Gasteiger partial charge on any atom is -0.147 e. The monoisotopic (exact) mass is 431 g/mol. The van der Waals surface area contributed by atoms with E-state index in [-0.39, 0.29) is 47.9 Å². The smallest absolute Gasteiger partial charge is 0.147 e. The Bertz CT molecular complexity index is 662. The number of unbranched alkanes of at least 4 members (excludes halogenated alkanes) is 1. The molecule has 1 N–H and O–H groups in total. The second-order valence-electron chi connectivity index (χ2n) is 7.64. The third-order valence-electron chi connectivity index (χ3n) is 5.59. The van der Waals surface area contributed by atoms with Crippen LogP contribution in [0, 0.1) is 5.92 Å². The quantitative estimate of drug-likeness (QED) is 0.365. The Morgan fingerprint density at radius 3 is 2.19 bits per heavy atom. The first-order valence-electron chi connectivity index (χ1n) is 9.29. The molecule has 1 unspecified atom stereocenters. The van der Waals surface area contributed by atoms with Gasteiger partial charge >= 0.3 is 158 Å². The standard InChI is InChI=1S/C18H23.C4H10N.2ClH.Ti/c1-11(2)16-9-7-8-10-17(16)18-14(5)12(3)13(4)15(18)6;1-2-3-4-5;;;/h7-10,14H,1-6H3;5H,2-4H2,1H3;2*1H;/q;-1;;;+1. The minimum Gasteiger partial charge on any atom is -0.147 e. The second-order valence-corrected chi connectivity index (χ2v) is 10.5. The zero-order valence-corrected chi connectivity index (χ0v) is 20.5. The van der Waals surface area contributed by atoms with Gasteiger partial charge in [0.05, 0.1) is 0 Å². The van der Waals surface area contributed by atoms with Crippen LogP contribution >= 0.6 is 24.8 Å². The molecule has 0 spiro atoms. The number of rotatable bonds is 7. The van der Waals surface area contributed by atoms with Crippen LogP contribution in [0.1, 0.15) is 72.4 Å². The van der Waals surface area contributed by atoms with Crippen molar-refractivity contribution in [2.75, 3.05) is 6.54 Å². The van der Waals surface area contributed by atoms with E-state index in [1.165, 1.54) is 47.2 Å². The summed E-state index contributed by atoms with van der Waals surface area (Å²) in [5.41, 5.74) is 9.06. The number of benzene rings is 1. The Hall–Kier alpha value is -0.0457. The zero-order chi connectivity index (χ0) is 17.9. The molecule has 1 nitrogen and oxygen atoms in total. The molecule has 1 atom stereocenters. The third-order valence-corrected chi connectivity index (χ3v) is 7.65. The molecule has 2 rings (SSSR count). The summed E-state index contributed by atoms with van der Waals surface area (Å²) in [4.78, 5) is 0. The van der Waals surface area contributed by atoms with Crippen LogP contribution in [0.15, 0.2) is 41.0 Å². The molecule has 0 aromatic heterocycles. The maximum absolute atomic E-state index is 3.78. The maximum atomic E-state index is 3.78. The van der Waals surface area contributed by atoms with E-state index < -0.39 is 0 Å². The van der Waals surface area contributed by atoms with E-state index in [1.54, 1.807) is 5.57 Å². The van der Waals surface area contributed by atoms with Crippen molar-refractivity contribution in [1.29, 1.82) is 0 Å². The van der Waals surface area contributed by atoms with Gasteiger partial charge in [-0.25, -0.2) is 0 Å². The van der Waals surface area contributed by atoms with Gasteiger partial charge in [-0.15, -0.1) is 24.8 Å². The van der Waals surface area contributed by atoms with Crippen molar-refractivity contribution in [2.45, 2.75) is 65.0 Å². The van der Waals surface area contributed by atoms with Gasteiger partial charge in [0.2, 0.25) is 0 Å². The number of allylic oxidation sites excluding steroid dienone is 4. The van der Waals surface area contributed by atoms with E-state index in [2.05, 4.69) is 76.5 Å². The first kappa shape index (κ1) is 26.0. The zero-order valence-electron chi connectivity index (χ0n) is 17.3. The summed E-state index contributed by atoms with van der Waals surface area (Å²) in [6, 6.07) is 9.11. The molecule has 0 saturated heterocycles. The van der Waals surface area contributed by atoms with Gasteiger partial charge in [-0.05, 0) is 0 Å². The van der Waals surface area contributed by atoms with Crippen LogP contribution in [0.4, 0.5) is 0 Å². The fourth-order valence-corrected chi connectivity index (χ4v) is 5.39. The summed E-state index contributed by atoms with van der Waals surface area (Å²) in [6.07, 6.45) is 2.55. The Balaban J connectivity index is 0.00000312. The summed E-state index contributed by atoms with van der Waals surface area (Å²) >= 11 is -0.234. The first-order chi connectivity index (χ1) is 11.3. The molecule has 1 aromatic rings. The molecule has 1 aliphatic rings. The molecule has 1 aliphatic carbocycles. The number of hydrogen-bond acceptors (Lipinski definition) is 1. The number of hydrogen-bond donors (Lipinski definition) is 1. The van der Waals surface area contributed by atoms with Crippen molar-refractivity contribution in [2.24, 2.45) is 5.92 Å². The fourth-order valence-electron chi connectivity index (χ4n) is 3.68. The summed E-state index contributed by atoms with van der Waals surface area (Å²) in [5.74, 6) is 0.537. The summed E-state index contributed by atoms with van der Waals surface area (Å²) in [5, 5.41) is 0. The molecule has 0 heterocycles.